The molecule has 0 aromatic carbocycles. The maximum atomic E-state index is 11.3. The Morgan fingerprint density at radius 3 is 2.26 bits per heavy atom. The zero-order valence-corrected chi connectivity index (χ0v) is 12.2. The summed E-state index contributed by atoms with van der Waals surface area (Å²) in [6.07, 6.45) is 4.69. The molecule has 0 spiro atoms. The van der Waals surface area contributed by atoms with Gasteiger partial charge in [0, 0.05) is 0 Å². The van der Waals surface area contributed by atoms with Crippen LogP contribution in [0.5, 0.6) is 0 Å². The van der Waals surface area contributed by atoms with E-state index in [-0.39, 0.29) is 16.9 Å². The molecule has 1 aliphatic rings. The van der Waals surface area contributed by atoms with Gasteiger partial charge >= 0.3 is 0 Å². The van der Waals surface area contributed by atoms with Gasteiger partial charge in [0.1, 0.15) is 11.4 Å². The molecule has 5 heteroatoms. The van der Waals surface area contributed by atoms with Gasteiger partial charge in [-0.25, -0.2) is 4.68 Å². The lowest BCUT2D eigenvalue weighted by Crippen LogP contribution is -2.35. The van der Waals surface area contributed by atoms with Gasteiger partial charge in [0.15, 0.2) is 0 Å². The fraction of sp³-hybridized carbons (Fsp3) is 0.714. The van der Waals surface area contributed by atoms with Gasteiger partial charge in [-0.3, -0.25) is 4.79 Å². The number of rotatable bonds is 2. The lowest BCUT2D eigenvalue weighted by Gasteiger charge is -2.45. The molecule has 19 heavy (non-hydrogen) atoms. The molecule has 0 aliphatic heterocycles. The van der Waals surface area contributed by atoms with Crippen molar-refractivity contribution in [1.82, 2.24) is 9.78 Å². The Hall–Kier alpha value is -1.52. The zero-order valence-electron chi connectivity index (χ0n) is 12.2. The SMILES string of the molecule is CC1(C)CC(n2ncc(C(N)=O)c2N)CC(C)(C)C1. The van der Waals surface area contributed by atoms with Gasteiger partial charge in [-0.05, 0) is 30.1 Å². The summed E-state index contributed by atoms with van der Waals surface area (Å²) in [5.41, 5.74) is 12.1. The van der Waals surface area contributed by atoms with Gasteiger partial charge in [0.25, 0.3) is 5.91 Å². The fourth-order valence-corrected chi connectivity index (χ4v) is 3.81. The van der Waals surface area contributed by atoms with Gasteiger partial charge in [-0.2, -0.15) is 5.10 Å². The topological polar surface area (TPSA) is 86.9 Å². The van der Waals surface area contributed by atoms with E-state index in [1.807, 2.05) is 0 Å². The Bertz CT molecular complexity index is 486. The molecule has 0 bridgehead atoms. The number of nitrogens with two attached hydrogens (primary N) is 2. The van der Waals surface area contributed by atoms with Crippen molar-refractivity contribution in [3.8, 4) is 0 Å². The average molecular weight is 264 g/mol. The van der Waals surface area contributed by atoms with Crippen molar-refractivity contribution < 1.29 is 4.79 Å². The normalized spacial score (nSPS) is 22.3. The van der Waals surface area contributed by atoms with Gasteiger partial charge < -0.3 is 11.5 Å². The van der Waals surface area contributed by atoms with Gasteiger partial charge in [-0.1, -0.05) is 27.7 Å². The van der Waals surface area contributed by atoms with Crippen molar-refractivity contribution in [3.63, 3.8) is 0 Å². The summed E-state index contributed by atoms with van der Waals surface area (Å²) in [6, 6.07) is 0.229. The molecule has 2 rings (SSSR count). The molecule has 1 aliphatic carbocycles. The number of anilines is 1. The van der Waals surface area contributed by atoms with E-state index in [0.717, 1.165) is 12.8 Å². The molecular weight excluding hydrogens is 240 g/mol. The van der Waals surface area contributed by atoms with E-state index in [2.05, 4.69) is 32.8 Å². The van der Waals surface area contributed by atoms with Crippen molar-refractivity contribution in [2.24, 2.45) is 16.6 Å². The fourth-order valence-electron chi connectivity index (χ4n) is 3.81. The minimum absolute atomic E-state index is 0.229. The molecule has 1 heterocycles. The largest absolute Gasteiger partial charge is 0.383 e. The number of carbonyl (C=O) groups excluding carboxylic acids is 1. The van der Waals surface area contributed by atoms with Crippen LogP contribution >= 0.6 is 0 Å². The smallest absolute Gasteiger partial charge is 0.254 e. The Kier molecular flexibility index (Phi) is 3.11. The number of nitrogen functional groups attached to an aromatic ring is 1. The van der Waals surface area contributed by atoms with Crippen LogP contribution in [0.15, 0.2) is 6.20 Å². The monoisotopic (exact) mass is 264 g/mol. The lowest BCUT2D eigenvalue weighted by atomic mass is 9.63. The number of nitrogens with zero attached hydrogens (tertiary/aromatic N) is 2. The summed E-state index contributed by atoms with van der Waals surface area (Å²) >= 11 is 0. The standard InChI is InChI=1S/C14H24N4O/c1-13(2)5-9(6-14(3,4)8-13)18-11(15)10(7-17-18)12(16)19/h7,9H,5-6,8,15H2,1-4H3,(H2,16,19). The first-order valence-corrected chi connectivity index (χ1v) is 6.74. The minimum atomic E-state index is -0.516. The van der Waals surface area contributed by atoms with Crippen LogP contribution in [0.25, 0.3) is 0 Å². The van der Waals surface area contributed by atoms with Crippen molar-refractivity contribution in [2.45, 2.75) is 53.0 Å². The third kappa shape index (κ3) is 2.74. The molecule has 4 N–H and O–H groups in total. The second-order valence-electron chi connectivity index (χ2n) is 7.32. The van der Waals surface area contributed by atoms with Crippen LogP contribution in [-0.4, -0.2) is 15.7 Å². The van der Waals surface area contributed by atoms with Crippen molar-refractivity contribution in [1.29, 1.82) is 0 Å². The minimum Gasteiger partial charge on any atom is -0.383 e. The molecule has 1 amide bonds. The van der Waals surface area contributed by atoms with Crippen LogP contribution in [0.4, 0.5) is 5.82 Å². The molecule has 0 atom stereocenters. The highest BCUT2D eigenvalue weighted by atomic mass is 16.1. The van der Waals surface area contributed by atoms with Crippen LogP contribution in [0.3, 0.4) is 0 Å². The highest BCUT2D eigenvalue weighted by molar-refractivity contribution is 5.96. The van der Waals surface area contributed by atoms with Crippen LogP contribution in [-0.2, 0) is 0 Å². The summed E-state index contributed by atoms with van der Waals surface area (Å²) in [7, 11) is 0. The summed E-state index contributed by atoms with van der Waals surface area (Å²) in [4.78, 5) is 11.3. The molecule has 0 unspecified atom stereocenters. The predicted octanol–water partition coefficient (Wildman–Crippen LogP) is 2.34. The highest BCUT2D eigenvalue weighted by Gasteiger charge is 2.40. The number of amides is 1. The second kappa shape index (κ2) is 4.25. The van der Waals surface area contributed by atoms with Crippen LogP contribution in [0.2, 0.25) is 0 Å². The number of aromatic nitrogens is 2. The van der Waals surface area contributed by atoms with Gasteiger partial charge in [0.05, 0.1) is 12.2 Å². The lowest BCUT2D eigenvalue weighted by molar-refractivity contribution is 0.0682. The van der Waals surface area contributed by atoms with Crippen molar-refractivity contribution in [3.05, 3.63) is 11.8 Å². The maximum Gasteiger partial charge on any atom is 0.254 e. The third-order valence-electron chi connectivity index (χ3n) is 3.98. The first-order valence-electron chi connectivity index (χ1n) is 6.74. The van der Waals surface area contributed by atoms with Crippen LogP contribution in [0, 0.1) is 10.8 Å². The van der Waals surface area contributed by atoms with E-state index >= 15 is 0 Å². The predicted molar refractivity (Wildman–Crippen MR) is 75.6 cm³/mol. The molecule has 1 aromatic heterocycles. The quantitative estimate of drug-likeness (QED) is 0.859. The first kappa shape index (κ1) is 13.9. The van der Waals surface area contributed by atoms with E-state index in [1.54, 1.807) is 4.68 Å². The molecule has 106 valence electrons. The molecule has 5 nitrogen and oxygen atoms in total. The Balaban J connectivity index is 2.34. The van der Waals surface area contributed by atoms with E-state index in [4.69, 9.17) is 11.5 Å². The third-order valence-corrected chi connectivity index (χ3v) is 3.98. The second-order valence-corrected chi connectivity index (χ2v) is 7.32. The molecule has 1 aromatic rings. The first-order chi connectivity index (χ1) is 8.61. The number of hydrogen-bond acceptors (Lipinski definition) is 3. The number of primary amides is 1. The Labute approximate surface area is 114 Å². The van der Waals surface area contributed by atoms with E-state index < -0.39 is 5.91 Å². The molecular formula is C14H24N4O. The van der Waals surface area contributed by atoms with E-state index in [0.29, 0.717) is 11.4 Å². The average Bonchev–Trinajstić information content (AvgIpc) is 2.54. The summed E-state index contributed by atoms with van der Waals surface area (Å²) in [5, 5.41) is 4.28. The zero-order chi connectivity index (χ0) is 14.4. The van der Waals surface area contributed by atoms with E-state index in [1.165, 1.54) is 12.6 Å². The van der Waals surface area contributed by atoms with Crippen LogP contribution in [0.1, 0.15) is 63.4 Å². The van der Waals surface area contributed by atoms with Crippen LogP contribution < -0.4 is 11.5 Å². The Morgan fingerprint density at radius 1 is 1.32 bits per heavy atom. The van der Waals surface area contributed by atoms with Gasteiger partial charge in [0.2, 0.25) is 0 Å². The summed E-state index contributed by atoms with van der Waals surface area (Å²) in [6.45, 7) is 9.09. The molecule has 1 saturated carbocycles. The number of hydrogen-bond donors (Lipinski definition) is 2. The Morgan fingerprint density at radius 2 is 1.84 bits per heavy atom. The summed E-state index contributed by atoms with van der Waals surface area (Å²) in [5.74, 6) is -0.121. The molecule has 0 saturated heterocycles. The highest BCUT2D eigenvalue weighted by Crippen LogP contribution is 2.50. The maximum absolute atomic E-state index is 11.3. The van der Waals surface area contributed by atoms with Crippen molar-refractivity contribution >= 4 is 11.7 Å². The number of carbonyl (C=O) groups is 1. The van der Waals surface area contributed by atoms with Gasteiger partial charge in [-0.15, -0.1) is 0 Å². The molecule has 0 radical (unpaired) electrons. The van der Waals surface area contributed by atoms with E-state index in [9.17, 15) is 4.79 Å². The summed E-state index contributed by atoms with van der Waals surface area (Å²) < 4.78 is 1.78. The molecule has 1 fully saturated rings. The van der Waals surface area contributed by atoms with Crippen molar-refractivity contribution in [2.75, 3.05) is 5.73 Å².